The molecule has 0 spiro atoms. The van der Waals surface area contributed by atoms with Crippen LogP contribution in [0.5, 0.6) is 0 Å². The molecule has 1 aliphatic rings. The van der Waals surface area contributed by atoms with Crippen LogP contribution in [0, 0.1) is 0 Å². The van der Waals surface area contributed by atoms with Gasteiger partial charge in [0.1, 0.15) is 5.82 Å². The fourth-order valence-electron chi connectivity index (χ4n) is 2.84. The Balaban J connectivity index is 2.16. The van der Waals surface area contributed by atoms with Gasteiger partial charge in [-0.05, 0) is 30.2 Å². The number of benzene rings is 1. The van der Waals surface area contributed by atoms with Crippen molar-refractivity contribution in [3.8, 4) is 0 Å². The quantitative estimate of drug-likeness (QED) is 0.683. The highest BCUT2D eigenvalue weighted by molar-refractivity contribution is 7.98. The molecule has 1 aliphatic heterocycles. The monoisotopic (exact) mass is 347 g/mol. The van der Waals surface area contributed by atoms with Crippen molar-refractivity contribution in [2.24, 2.45) is 7.05 Å². The Labute approximate surface area is 142 Å². The van der Waals surface area contributed by atoms with Crippen LogP contribution in [0.1, 0.15) is 23.5 Å². The standard InChI is InChI=1S/C16H17N3O2S2/c1-19-14-13(15(21)18-16(19)23-3)11(8-12(20)17-14)9-4-6-10(22-2)7-5-9/h4-7,11H,8H2,1-3H3,(H,17,20)/t11-/m0/s1. The van der Waals surface area contributed by atoms with Crippen LogP contribution in [0.3, 0.4) is 0 Å². The summed E-state index contributed by atoms with van der Waals surface area (Å²) in [6.45, 7) is 0. The van der Waals surface area contributed by atoms with E-state index in [0.29, 0.717) is 16.5 Å². The third kappa shape index (κ3) is 2.90. The smallest absolute Gasteiger partial charge is 0.279 e. The third-order valence-corrected chi connectivity index (χ3v) is 5.48. The highest BCUT2D eigenvalue weighted by atomic mass is 32.2. The van der Waals surface area contributed by atoms with Crippen LogP contribution in [0.15, 0.2) is 39.1 Å². The van der Waals surface area contributed by atoms with Gasteiger partial charge in [-0.25, -0.2) is 0 Å². The van der Waals surface area contributed by atoms with Crippen LogP contribution in [-0.2, 0) is 11.8 Å². The molecule has 7 heteroatoms. The van der Waals surface area contributed by atoms with Crippen molar-refractivity contribution in [1.82, 2.24) is 9.55 Å². The Morgan fingerprint density at radius 2 is 1.87 bits per heavy atom. The summed E-state index contributed by atoms with van der Waals surface area (Å²) < 4.78 is 1.78. The van der Waals surface area contributed by atoms with E-state index >= 15 is 0 Å². The van der Waals surface area contributed by atoms with E-state index in [9.17, 15) is 9.59 Å². The number of nitrogens with one attached hydrogen (secondary N) is 1. The summed E-state index contributed by atoms with van der Waals surface area (Å²) in [4.78, 5) is 30.0. The summed E-state index contributed by atoms with van der Waals surface area (Å²) in [5.41, 5.74) is 1.28. The maximum atomic E-state index is 12.5. The lowest BCUT2D eigenvalue weighted by Gasteiger charge is -2.27. The maximum Gasteiger partial charge on any atom is 0.279 e. The van der Waals surface area contributed by atoms with E-state index in [1.165, 1.54) is 11.8 Å². The van der Waals surface area contributed by atoms with Gasteiger partial charge < -0.3 is 9.88 Å². The molecule has 3 rings (SSSR count). The van der Waals surface area contributed by atoms with Crippen molar-refractivity contribution in [1.29, 1.82) is 0 Å². The fraction of sp³-hybridized carbons (Fsp3) is 0.312. The molecule has 1 N–H and O–H groups in total. The molecule has 1 aromatic carbocycles. The molecule has 1 atom stereocenters. The third-order valence-electron chi connectivity index (χ3n) is 4.00. The second-order valence-corrected chi connectivity index (χ2v) is 6.96. The largest absolute Gasteiger partial charge is 0.312 e. The summed E-state index contributed by atoms with van der Waals surface area (Å²) in [5, 5.41) is 3.42. The molecule has 0 fully saturated rings. The zero-order valence-corrected chi connectivity index (χ0v) is 14.8. The van der Waals surface area contributed by atoms with E-state index in [0.717, 1.165) is 10.5 Å². The van der Waals surface area contributed by atoms with Crippen molar-refractivity contribution in [2.75, 3.05) is 17.8 Å². The van der Waals surface area contributed by atoms with Crippen molar-refractivity contribution in [2.45, 2.75) is 22.4 Å². The molecule has 1 amide bonds. The number of fused-ring (bicyclic) bond motifs is 1. The highest BCUT2D eigenvalue weighted by Gasteiger charge is 2.31. The van der Waals surface area contributed by atoms with Crippen LogP contribution < -0.4 is 10.9 Å². The molecule has 0 radical (unpaired) electrons. The SMILES string of the molecule is CSc1ccc([C@@H]2CC(=O)Nc3c2c(=O)nc(SC)n3C)cc1. The Morgan fingerprint density at radius 1 is 1.17 bits per heavy atom. The van der Waals surface area contributed by atoms with E-state index in [-0.39, 0.29) is 23.8 Å². The van der Waals surface area contributed by atoms with Gasteiger partial charge in [0.15, 0.2) is 5.16 Å². The highest BCUT2D eigenvalue weighted by Crippen LogP contribution is 2.36. The number of hydrogen-bond acceptors (Lipinski definition) is 5. The van der Waals surface area contributed by atoms with E-state index in [1.54, 1.807) is 16.3 Å². The molecule has 0 saturated heterocycles. The zero-order chi connectivity index (χ0) is 16.6. The normalized spacial score (nSPS) is 16.8. The lowest BCUT2D eigenvalue weighted by Crippen LogP contribution is -2.33. The number of anilines is 1. The fourth-order valence-corrected chi connectivity index (χ4v) is 3.79. The summed E-state index contributed by atoms with van der Waals surface area (Å²) in [5.74, 6) is 0.228. The first-order chi connectivity index (χ1) is 11.0. The Bertz CT molecular complexity index is 815. The van der Waals surface area contributed by atoms with Gasteiger partial charge in [-0.3, -0.25) is 9.59 Å². The molecule has 2 heterocycles. The first kappa shape index (κ1) is 16.1. The number of hydrogen-bond donors (Lipinski definition) is 1. The lowest BCUT2D eigenvalue weighted by molar-refractivity contribution is -0.116. The van der Waals surface area contributed by atoms with Gasteiger partial charge >= 0.3 is 0 Å². The molecular weight excluding hydrogens is 330 g/mol. The molecular formula is C16H17N3O2S2. The number of carbonyl (C=O) groups excluding carboxylic acids is 1. The second kappa shape index (κ2) is 6.41. The second-order valence-electron chi connectivity index (χ2n) is 5.30. The minimum absolute atomic E-state index is 0.0790. The van der Waals surface area contributed by atoms with E-state index in [1.807, 2.05) is 43.8 Å². The molecule has 0 aliphatic carbocycles. The number of carbonyl (C=O) groups is 1. The predicted molar refractivity (Wildman–Crippen MR) is 94.6 cm³/mol. The molecule has 1 aromatic heterocycles. The Kier molecular flexibility index (Phi) is 4.50. The van der Waals surface area contributed by atoms with Crippen molar-refractivity contribution in [3.63, 3.8) is 0 Å². The van der Waals surface area contributed by atoms with Crippen molar-refractivity contribution >= 4 is 35.2 Å². The van der Waals surface area contributed by atoms with Crippen LogP contribution in [-0.4, -0.2) is 28.0 Å². The first-order valence-electron chi connectivity index (χ1n) is 7.14. The minimum atomic E-state index is -0.263. The van der Waals surface area contributed by atoms with Gasteiger partial charge in [-0.2, -0.15) is 4.98 Å². The van der Waals surface area contributed by atoms with Gasteiger partial charge in [0, 0.05) is 24.3 Å². The zero-order valence-electron chi connectivity index (χ0n) is 13.1. The maximum absolute atomic E-state index is 12.5. The Morgan fingerprint density at radius 3 is 2.48 bits per heavy atom. The summed E-state index contributed by atoms with van der Waals surface area (Å²) in [6.07, 6.45) is 4.14. The molecule has 2 aromatic rings. The van der Waals surface area contributed by atoms with Gasteiger partial charge in [0.2, 0.25) is 5.91 Å². The lowest BCUT2D eigenvalue weighted by atomic mass is 9.87. The molecule has 5 nitrogen and oxygen atoms in total. The predicted octanol–water partition coefficient (Wildman–Crippen LogP) is 2.70. The van der Waals surface area contributed by atoms with Crippen LogP contribution >= 0.6 is 23.5 Å². The van der Waals surface area contributed by atoms with Crippen LogP contribution in [0.4, 0.5) is 5.82 Å². The van der Waals surface area contributed by atoms with E-state index in [2.05, 4.69) is 10.3 Å². The average Bonchev–Trinajstić information content (AvgIpc) is 2.57. The van der Waals surface area contributed by atoms with Crippen LogP contribution in [0.25, 0.3) is 0 Å². The molecule has 0 bridgehead atoms. The first-order valence-corrected chi connectivity index (χ1v) is 9.58. The molecule has 23 heavy (non-hydrogen) atoms. The number of aromatic nitrogens is 2. The van der Waals surface area contributed by atoms with Crippen molar-refractivity contribution < 1.29 is 4.79 Å². The Hall–Kier alpha value is -1.73. The summed E-state index contributed by atoms with van der Waals surface area (Å²) in [6, 6.07) is 8.00. The summed E-state index contributed by atoms with van der Waals surface area (Å²) in [7, 11) is 1.82. The molecule has 0 unspecified atom stereocenters. The van der Waals surface area contributed by atoms with Gasteiger partial charge in [0.25, 0.3) is 5.56 Å². The van der Waals surface area contributed by atoms with Gasteiger partial charge in [0.05, 0.1) is 5.56 Å². The van der Waals surface area contributed by atoms with E-state index in [4.69, 9.17) is 0 Å². The van der Waals surface area contributed by atoms with Gasteiger partial charge in [-0.15, -0.1) is 11.8 Å². The molecule has 0 saturated carbocycles. The van der Waals surface area contributed by atoms with Crippen molar-refractivity contribution in [3.05, 3.63) is 45.7 Å². The number of amides is 1. The summed E-state index contributed by atoms with van der Waals surface area (Å²) >= 11 is 3.04. The average molecular weight is 347 g/mol. The topological polar surface area (TPSA) is 64.0 Å². The minimum Gasteiger partial charge on any atom is -0.312 e. The number of rotatable bonds is 3. The number of nitrogens with zero attached hydrogens (tertiary/aromatic N) is 2. The van der Waals surface area contributed by atoms with Crippen LogP contribution in [0.2, 0.25) is 0 Å². The number of thioether (sulfide) groups is 2. The molecule has 120 valence electrons. The van der Waals surface area contributed by atoms with E-state index < -0.39 is 0 Å². The van der Waals surface area contributed by atoms with Gasteiger partial charge in [-0.1, -0.05) is 23.9 Å².